The number of thioether (sulfide) groups is 1. The van der Waals surface area contributed by atoms with Crippen molar-refractivity contribution in [3.8, 4) is 0 Å². The van der Waals surface area contributed by atoms with Gasteiger partial charge < -0.3 is 5.11 Å². The van der Waals surface area contributed by atoms with Gasteiger partial charge in [0.1, 0.15) is 0 Å². The van der Waals surface area contributed by atoms with Crippen LogP contribution in [0.3, 0.4) is 0 Å². The predicted octanol–water partition coefficient (Wildman–Crippen LogP) is 2.81. The number of rotatable bonds is 3. The zero-order valence-electron chi connectivity index (χ0n) is 8.35. The first kappa shape index (κ1) is 10.5. The first-order valence-electron chi connectivity index (χ1n) is 5.12. The maximum absolute atomic E-state index is 10.6. The highest BCUT2D eigenvalue weighted by molar-refractivity contribution is 7.99. The van der Waals surface area contributed by atoms with Crippen LogP contribution in [0.5, 0.6) is 0 Å². The quantitative estimate of drug-likeness (QED) is 0.856. The standard InChI is InChI=1S/C11H13NO2S/c13-11(14)8-5-6-10(12-7-8)15-9-3-1-2-4-9/h5-7,9H,1-4H2,(H,13,14). The molecule has 0 atom stereocenters. The number of carboxylic acids is 1. The number of aromatic carboxylic acids is 1. The zero-order chi connectivity index (χ0) is 10.7. The molecule has 80 valence electrons. The summed E-state index contributed by atoms with van der Waals surface area (Å²) in [5.41, 5.74) is 0.255. The monoisotopic (exact) mass is 223 g/mol. The molecule has 1 heterocycles. The van der Waals surface area contributed by atoms with E-state index in [1.54, 1.807) is 23.9 Å². The predicted molar refractivity (Wildman–Crippen MR) is 59.3 cm³/mol. The topological polar surface area (TPSA) is 50.2 Å². The lowest BCUT2D eigenvalue weighted by Gasteiger charge is -2.07. The largest absolute Gasteiger partial charge is 0.478 e. The van der Waals surface area contributed by atoms with Crippen LogP contribution in [0.15, 0.2) is 23.4 Å². The maximum atomic E-state index is 10.6. The molecule has 1 N–H and O–H groups in total. The van der Waals surface area contributed by atoms with Crippen molar-refractivity contribution in [1.82, 2.24) is 4.98 Å². The second kappa shape index (κ2) is 4.66. The first-order chi connectivity index (χ1) is 7.25. The van der Waals surface area contributed by atoms with E-state index in [0.717, 1.165) is 5.03 Å². The highest BCUT2D eigenvalue weighted by Gasteiger charge is 2.16. The summed E-state index contributed by atoms with van der Waals surface area (Å²) in [4.78, 5) is 14.8. The second-order valence-corrected chi connectivity index (χ2v) is 5.04. The Balaban J connectivity index is 2.00. The molecule has 3 nitrogen and oxygen atoms in total. The summed E-state index contributed by atoms with van der Waals surface area (Å²) in [5.74, 6) is -0.917. The van der Waals surface area contributed by atoms with Gasteiger partial charge in [-0.2, -0.15) is 0 Å². The Morgan fingerprint density at radius 3 is 2.67 bits per heavy atom. The molecule has 1 saturated carbocycles. The van der Waals surface area contributed by atoms with Crippen LogP contribution in [0.25, 0.3) is 0 Å². The molecule has 0 radical (unpaired) electrons. The molecule has 0 unspecified atom stereocenters. The van der Waals surface area contributed by atoms with E-state index in [1.807, 2.05) is 0 Å². The lowest BCUT2D eigenvalue weighted by atomic mass is 10.3. The van der Waals surface area contributed by atoms with Gasteiger partial charge in [-0.1, -0.05) is 12.8 Å². The Morgan fingerprint density at radius 2 is 2.13 bits per heavy atom. The molecule has 1 fully saturated rings. The van der Waals surface area contributed by atoms with E-state index in [4.69, 9.17) is 5.11 Å². The Hall–Kier alpha value is -1.03. The van der Waals surface area contributed by atoms with Gasteiger partial charge in [-0.15, -0.1) is 11.8 Å². The van der Waals surface area contributed by atoms with Crippen LogP contribution in [-0.4, -0.2) is 21.3 Å². The summed E-state index contributed by atoms with van der Waals surface area (Å²) in [6.07, 6.45) is 6.56. The molecular weight excluding hydrogens is 210 g/mol. The van der Waals surface area contributed by atoms with Gasteiger partial charge >= 0.3 is 5.97 Å². The Bertz CT molecular complexity index is 344. The molecule has 0 spiro atoms. The molecule has 1 aliphatic rings. The van der Waals surface area contributed by atoms with Crippen LogP contribution in [-0.2, 0) is 0 Å². The van der Waals surface area contributed by atoms with E-state index >= 15 is 0 Å². The number of carbonyl (C=O) groups is 1. The van der Waals surface area contributed by atoms with Crippen LogP contribution >= 0.6 is 11.8 Å². The third-order valence-electron chi connectivity index (χ3n) is 2.57. The number of hydrogen-bond donors (Lipinski definition) is 1. The minimum absolute atomic E-state index is 0.255. The highest BCUT2D eigenvalue weighted by atomic mass is 32.2. The third kappa shape index (κ3) is 2.72. The van der Waals surface area contributed by atoms with Crippen molar-refractivity contribution in [2.45, 2.75) is 36.0 Å². The zero-order valence-corrected chi connectivity index (χ0v) is 9.17. The van der Waals surface area contributed by atoms with Crippen LogP contribution in [0.1, 0.15) is 36.0 Å². The number of carboxylic acid groups (broad SMARTS) is 1. The van der Waals surface area contributed by atoms with E-state index in [1.165, 1.54) is 31.9 Å². The second-order valence-electron chi connectivity index (χ2n) is 3.71. The van der Waals surface area contributed by atoms with E-state index in [9.17, 15) is 4.79 Å². The fourth-order valence-electron chi connectivity index (χ4n) is 1.75. The summed E-state index contributed by atoms with van der Waals surface area (Å²) in [6, 6.07) is 3.42. The van der Waals surface area contributed by atoms with E-state index in [-0.39, 0.29) is 5.56 Å². The fraction of sp³-hybridized carbons (Fsp3) is 0.455. The number of nitrogens with zero attached hydrogens (tertiary/aromatic N) is 1. The molecule has 0 aliphatic heterocycles. The lowest BCUT2D eigenvalue weighted by Crippen LogP contribution is -1.98. The first-order valence-corrected chi connectivity index (χ1v) is 5.99. The van der Waals surface area contributed by atoms with Crippen molar-refractivity contribution >= 4 is 17.7 Å². The average molecular weight is 223 g/mol. The molecule has 15 heavy (non-hydrogen) atoms. The van der Waals surface area contributed by atoms with Crippen LogP contribution in [0, 0.1) is 0 Å². The van der Waals surface area contributed by atoms with Gasteiger partial charge in [0, 0.05) is 11.4 Å². The van der Waals surface area contributed by atoms with Gasteiger partial charge in [-0.3, -0.25) is 0 Å². The Labute approximate surface area is 92.9 Å². The summed E-state index contributed by atoms with van der Waals surface area (Å²) >= 11 is 1.77. The summed E-state index contributed by atoms with van der Waals surface area (Å²) in [6.45, 7) is 0. The average Bonchev–Trinajstić information content (AvgIpc) is 2.71. The minimum Gasteiger partial charge on any atom is -0.478 e. The lowest BCUT2D eigenvalue weighted by molar-refractivity contribution is 0.0696. The van der Waals surface area contributed by atoms with Gasteiger partial charge in [-0.05, 0) is 25.0 Å². The van der Waals surface area contributed by atoms with Gasteiger partial charge in [-0.25, -0.2) is 9.78 Å². The number of aromatic nitrogens is 1. The molecule has 0 saturated heterocycles. The molecule has 1 aromatic heterocycles. The molecule has 0 amide bonds. The molecule has 0 bridgehead atoms. The Morgan fingerprint density at radius 1 is 1.40 bits per heavy atom. The van der Waals surface area contributed by atoms with Crippen LogP contribution in [0.4, 0.5) is 0 Å². The normalized spacial score (nSPS) is 16.8. The molecule has 0 aromatic carbocycles. The van der Waals surface area contributed by atoms with Crippen molar-refractivity contribution in [1.29, 1.82) is 0 Å². The summed E-state index contributed by atoms with van der Waals surface area (Å²) < 4.78 is 0. The van der Waals surface area contributed by atoms with Crippen LogP contribution in [0.2, 0.25) is 0 Å². The third-order valence-corrected chi connectivity index (χ3v) is 3.86. The number of pyridine rings is 1. The van der Waals surface area contributed by atoms with Crippen molar-refractivity contribution in [2.75, 3.05) is 0 Å². The van der Waals surface area contributed by atoms with E-state index < -0.39 is 5.97 Å². The van der Waals surface area contributed by atoms with Gasteiger partial charge in [0.15, 0.2) is 0 Å². The Kier molecular flexibility index (Phi) is 3.26. The molecule has 4 heteroatoms. The molecule has 1 aromatic rings. The molecule has 2 rings (SSSR count). The summed E-state index contributed by atoms with van der Waals surface area (Å²) in [7, 11) is 0. The summed E-state index contributed by atoms with van der Waals surface area (Å²) in [5, 5.41) is 10.3. The van der Waals surface area contributed by atoms with Crippen molar-refractivity contribution < 1.29 is 9.90 Å². The fourth-order valence-corrected chi connectivity index (χ4v) is 2.92. The van der Waals surface area contributed by atoms with Crippen molar-refractivity contribution in [2.24, 2.45) is 0 Å². The molecule has 1 aliphatic carbocycles. The SMILES string of the molecule is O=C(O)c1ccc(SC2CCCC2)nc1. The van der Waals surface area contributed by atoms with Gasteiger partial charge in [0.25, 0.3) is 0 Å². The smallest absolute Gasteiger partial charge is 0.337 e. The van der Waals surface area contributed by atoms with Crippen molar-refractivity contribution in [3.05, 3.63) is 23.9 Å². The van der Waals surface area contributed by atoms with Gasteiger partial charge in [0.05, 0.1) is 10.6 Å². The van der Waals surface area contributed by atoms with E-state index in [2.05, 4.69) is 4.98 Å². The number of hydrogen-bond acceptors (Lipinski definition) is 3. The molecular formula is C11H13NO2S. The highest BCUT2D eigenvalue weighted by Crippen LogP contribution is 2.33. The minimum atomic E-state index is -0.917. The maximum Gasteiger partial charge on any atom is 0.337 e. The van der Waals surface area contributed by atoms with Crippen LogP contribution < -0.4 is 0 Å². The van der Waals surface area contributed by atoms with Gasteiger partial charge in [0.2, 0.25) is 0 Å². The van der Waals surface area contributed by atoms with Crippen molar-refractivity contribution in [3.63, 3.8) is 0 Å². The van der Waals surface area contributed by atoms with E-state index in [0.29, 0.717) is 5.25 Å².